The van der Waals surface area contributed by atoms with Crippen LogP contribution in [-0.2, 0) is 19.6 Å². The number of benzene rings is 1. The second kappa shape index (κ2) is 7.73. The van der Waals surface area contributed by atoms with Crippen molar-refractivity contribution < 1.29 is 18.0 Å². The molecule has 3 rings (SSSR count). The lowest BCUT2D eigenvalue weighted by atomic mass is 9.95. The number of anilines is 1. The van der Waals surface area contributed by atoms with Crippen LogP contribution in [0.5, 0.6) is 0 Å². The van der Waals surface area contributed by atoms with Gasteiger partial charge in [-0.2, -0.15) is 4.31 Å². The monoisotopic (exact) mass is 380 g/mol. The van der Waals surface area contributed by atoms with Crippen LogP contribution in [0.2, 0.25) is 0 Å². The average Bonchev–Trinajstić information content (AvgIpc) is 3.11. The summed E-state index contributed by atoms with van der Waals surface area (Å²) in [6.07, 6.45) is 2.72. The van der Waals surface area contributed by atoms with Gasteiger partial charge in [-0.25, -0.2) is 8.42 Å². The number of nitrogens with one attached hydrogen (secondary N) is 2. The zero-order valence-electron chi connectivity index (χ0n) is 14.5. The summed E-state index contributed by atoms with van der Waals surface area (Å²) in [5.74, 6) is -0.400. The fourth-order valence-electron chi connectivity index (χ4n) is 3.60. The van der Waals surface area contributed by atoms with E-state index in [2.05, 4.69) is 10.6 Å². The summed E-state index contributed by atoms with van der Waals surface area (Å²) < 4.78 is 26.6. The molecule has 0 radical (unpaired) electrons. The van der Waals surface area contributed by atoms with Crippen molar-refractivity contribution in [3.8, 4) is 0 Å². The minimum Gasteiger partial charge on any atom is -0.354 e. The third-order valence-corrected chi connectivity index (χ3v) is 6.88. The van der Waals surface area contributed by atoms with E-state index in [9.17, 15) is 18.0 Å². The van der Waals surface area contributed by atoms with E-state index in [4.69, 9.17) is 5.73 Å². The molecule has 1 saturated heterocycles. The molecule has 0 spiro atoms. The molecule has 1 aliphatic heterocycles. The molecule has 2 aliphatic rings. The quantitative estimate of drug-likeness (QED) is 0.670. The lowest BCUT2D eigenvalue weighted by Crippen LogP contribution is -2.49. The number of nitrogens with zero attached hydrogens (tertiary/aromatic N) is 1. The molecule has 0 unspecified atom stereocenters. The first-order valence-corrected chi connectivity index (χ1v) is 10.2. The Balaban J connectivity index is 1.75. The Hall–Kier alpha value is -1.97. The molecular formula is C17H24N4O4S. The van der Waals surface area contributed by atoms with Crippen LogP contribution >= 0.6 is 0 Å². The molecule has 142 valence electrons. The fraction of sp³-hybridized carbons (Fsp3) is 0.529. The molecule has 0 aromatic heterocycles. The Labute approximate surface area is 153 Å². The predicted molar refractivity (Wildman–Crippen MR) is 96.7 cm³/mol. The van der Waals surface area contributed by atoms with E-state index < -0.39 is 10.0 Å². The molecule has 1 aromatic carbocycles. The van der Waals surface area contributed by atoms with E-state index in [1.54, 1.807) is 12.1 Å². The maximum absolute atomic E-state index is 12.7. The van der Waals surface area contributed by atoms with E-state index in [-0.39, 0.29) is 48.2 Å². The molecule has 2 amide bonds. The van der Waals surface area contributed by atoms with Crippen LogP contribution in [0.4, 0.5) is 5.69 Å². The van der Waals surface area contributed by atoms with Gasteiger partial charge in [0, 0.05) is 24.7 Å². The molecule has 1 saturated carbocycles. The Kier molecular flexibility index (Phi) is 5.59. The third kappa shape index (κ3) is 3.89. The highest BCUT2D eigenvalue weighted by Crippen LogP contribution is 2.32. The highest BCUT2D eigenvalue weighted by Gasteiger charge is 2.32. The van der Waals surface area contributed by atoms with Gasteiger partial charge in [0.05, 0.1) is 11.4 Å². The van der Waals surface area contributed by atoms with Gasteiger partial charge in [-0.1, -0.05) is 12.5 Å². The lowest BCUT2D eigenvalue weighted by Gasteiger charge is -2.26. The first-order chi connectivity index (χ1) is 12.4. The topological polar surface area (TPSA) is 122 Å². The van der Waals surface area contributed by atoms with E-state index in [0.717, 1.165) is 23.6 Å². The van der Waals surface area contributed by atoms with Gasteiger partial charge in [0.2, 0.25) is 21.8 Å². The SMILES string of the molecule is NC[C@H]1CCC[C@H]1C(=O)Nc1cccc(S(=O)(=O)N2CCNC(=O)C2)c1. The summed E-state index contributed by atoms with van der Waals surface area (Å²) in [7, 11) is -3.79. The molecular weight excluding hydrogens is 356 g/mol. The molecule has 4 N–H and O–H groups in total. The van der Waals surface area contributed by atoms with Crippen molar-refractivity contribution in [2.45, 2.75) is 24.2 Å². The summed E-state index contributed by atoms with van der Waals surface area (Å²) in [6, 6.07) is 6.15. The molecule has 0 bridgehead atoms. The minimum atomic E-state index is -3.79. The first-order valence-electron chi connectivity index (χ1n) is 8.79. The summed E-state index contributed by atoms with van der Waals surface area (Å²) in [4.78, 5) is 24.1. The van der Waals surface area contributed by atoms with Crippen molar-refractivity contribution in [3.05, 3.63) is 24.3 Å². The number of amides is 2. The Morgan fingerprint density at radius 2 is 2.15 bits per heavy atom. The second-order valence-corrected chi connectivity index (χ2v) is 8.68. The van der Waals surface area contributed by atoms with Gasteiger partial charge < -0.3 is 16.4 Å². The number of nitrogens with two attached hydrogens (primary N) is 1. The highest BCUT2D eigenvalue weighted by molar-refractivity contribution is 7.89. The Morgan fingerprint density at radius 3 is 2.88 bits per heavy atom. The summed E-state index contributed by atoms with van der Waals surface area (Å²) in [6.45, 7) is 0.796. The van der Waals surface area contributed by atoms with E-state index in [1.165, 1.54) is 12.1 Å². The van der Waals surface area contributed by atoms with Crippen molar-refractivity contribution in [1.29, 1.82) is 0 Å². The number of carbonyl (C=O) groups is 2. The van der Waals surface area contributed by atoms with Gasteiger partial charge in [-0.15, -0.1) is 0 Å². The van der Waals surface area contributed by atoms with E-state index >= 15 is 0 Å². The lowest BCUT2D eigenvalue weighted by molar-refractivity contribution is -0.122. The third-order valence-electron chi connectivity index (χ3n) is 5.04. The maximum Gasteiger partial charge on any atom is 0.243 e. The maximum atomic E-state index is 12.7. The number of piperazine rings is 1. The predicted octanol–water partition coefficient (Wildman–Crippen LogP) is 0.121. The van der Waals surface area contributed by atoms with E-state index in [0.29, 0.717) is 12.2 Å². The number of hydrogen-bond acceptors (Lipinski definition) is 5. The number of carbonyl (C=O) groups excluding carboxylic acids is 2. The van der Waals surface area contributed by atoms with Crippen LogP contribution in [0.1, 0.15) is 19.3 Å². The molecule has 1 aromatic rings. The number of rotatable bonds is 5. The molecule has 1 aliphatic carbocycles. The van der Waals surface area contributed by atoms with Crippen molar-refractivity contribution in [3.63, 3.8) is 0 Å². The van der Waals surface area contributed by atoms with Gasteiger partial charge in [0.1, 0.15) is 0 Å². The normalized spacial score (nSPS) is 24.3. The highest BCUT2D eigenvalue weighted by atomic mass is 32.2. The Morgan fingerprint density at radius 1 is 1.35 bits per heavy atom. The van der Waals surface area contributed by atoms with Gasteiger partial charge in [-0.3, -0.25) is 9.59 Å². The van der Waals surface area contributed by atoms with Crippen molar-refractivity contribution in [2.75, 3.05) is 31.5 Å². The molecule has 2 fully saturated rings. The molecule has 26 heavy (non-hydrogen) atoms. The minimum absolute atomic E-state index is 0.0618. The van der Waals surface area contributed by atoms with Gasteiger partial charge in [-0.05, 0) is 43.5 Å². The smallest absolute Gasteiger partial charge is 0.243 e. The van der Waals surface area contributed by atoms with Crippen molar-refractivity contribution >= 4 is 27.5 Å². The number of sulfonamides is 1. The van der Waals surface area contributed by atoms with Crippen molar-refractivity contribution in [1.82, 2.24) is 9.62 Å². The number of hydrogen-bond donors (Lipinski definition) is 3. The molecule has 2 atom stereocenters. The standard InChI is InChI=1S/C17H24N4O4S/c18-10-12-3-1-6-15(12)17(23)20-13-4-2-5-14(9-13)26(24,25)21-8-7-19-16(22)11-21/h2,4-5,9,12,15H,1,3,6-8,10-11,18H2,(H,19,22)(H,20,23)/t12-,15-/m1/s1. The zero-order chi connectivity index (χ0) is 18.7. The van der Waals surface area contributed by atoms with Crippen LogP contribution in [0.3, 0.4) is 0 Å². The van der Waals surface area contributed by atoms with Crippen LogP contribution in [0.15, 0.2) is 29.2 Å². The summed E-state index contributed by atoms with van der Waals surface area (Å²) >= 11 is 0. The Bertz CT molecular complexity index is 796. The van der Waals surface area contributed by atoms with Crippen LogP contribution in [0.25, 0.3) is 0 Å². The molecule has 8 nitrogen and oxygen atoms in total. The zero-order valence-corrected chi connectivity index (χ0v) is 15.3. The fourth-order valence-corrected chi connectivity index (χ4v) is 5.05. The first kappa shape index (κ1) is 18.8. The van der Waals surface area contributed by atoms with Gasteiger partial charge in [0.15, 0.2) is 0 Å². The molecule has 1 heterocycles. The average molecular weight is 380 g/mol. The van der Waals surface area contributed by atoms with Crippen molar-refractivity contribution in [2.24, 2.45) is 17.6 Å². The summed E-state index contributed by atoms with van der Waals surface area (Å²) in [5, 5.41) is 5.42. The van der Waals surface area contributed by atoms with Crippen LogP contribution in [-0.4, -0.2) is 50.7 Å². The summed E-state index contributed by atoms with van der Waals surface area (Å²) in [5.41, 5.74) is 6.16. The second-order valence-electron chi connectivity index (χ2n) is 6.74. The molecule has 9 heteroatoms. The van der Waals surface area contributed by atoms with Gasteiger partial charge in [0.25, 0.3) is 0 Å². The van der Waals surface area contributed by atoms with Crippen LogP contribution < -0.4 is 16.4 Å². The van der Waals surface area contributed by atoms with E-state index in [1.807, 2.05) is 0 Å². The largest absolute Gasteiger partial charge is 0.354 e. The van der Waals surface area contributed by atoms with Gasteiger partial charge >= 0.3 is 0 Å². The van der Waals surface area contributed by atoms with Crippen LogP contribution in [0, 0.1) is 11.8 Å².